The highest BCUT2D eigenvalue weighted by atomic mass is 16.5. The molecule has 58 valence electrons. The Labute approximate surface area is 61.9 Å². The van der Waals surface area contributed by atoms with Gasteiger partial charge in [0.05, 0.1) is 12.9 Å². The minimum atomic E-state index is 0.254. The summed E-state index contributed by atoms with van der Waals surface area (Å²) in [6.07, 6.45) is 2.36. The molecular formula is C8H14O2. The standard InChI is InChI=1S/C8H14O2/c1-4-10-6-8(5-9)7(2)3/h5-7H,4H2,1-3H3/b8-6+. The molecule has 0 saturated heterocycles. The van der Waals surface area contributed by atoms with E-state index >= 15 is 0 Å². The first-order chi connectivity index (χ1) is 4.72. The molecule has 0 fully saturated rings. The Bertz CT molecular complexity index is 125. The summed E-state index contributed by atoms with van der Waals surface area (Å²) in [6.45, 7) is 6.42. The van der Waals surface area contributed by atoms with Crippen LogP contribution in [0, 0.1) is 5.92 Å². The molecule has 0 aliphatic heterocycles. The van der Waals surface area contributed by atoms with Gasteiger partial charge in [-0.1, -0.05) is 13.8 Å². The van der Waals surface area contributed by atoms with Crippen molar-refractivity contribution in [2.24, 2.45) is 5.92 Å². The summed E-state index contributed by atoms with van der Waals surface area (Å²) in [5.74, 6) is 0.254. The Balaban J connectivity index is 3.91. The summed E-state index contributed by atoms with van der Waals surface area (Å²) in [4.78, 5) is 10.3. The summed E-state index contributed by atoms with van der Waals surface area (Å²) in [5, 5.41) is 0. The van der Waals surface area contributed by atoms with Crippen molar-refractivity contribution in [2.45, 2.75) is 20.8 Å². The third kappa shape index (κ3) is 3.28. The van der Waals surface area contributed by atoms with Gasteiger partial charge in [0.15, 0.2) is 0 Å². The first kappa shape index (κ1) is 9.21. The Hall–Kier alpha value is -0.790. The third-order valence-corrected chi connectivity index (χ3v) is 1.19. The summed E-state index contributed by atoms with van der Waals surface area (Å²) in [7, 11) is 0. The minimum absolute atomic E-state index is 0.254. The van der Waals surface area contributed by atoms with Gasteiger partial charge < -0.3 is 4.74 Å². The van der Waals surface area contributed by atoms with E-state index in [1.54, 1.807) is 0 Å². The Morgan fingerprint density at radius 3 is 2.50 bits per heavy atom. The van der Waals surface area contributed by atoms with E-state index in [1.807, 2.05) is 20.8 Å². The molecule has 0 aliphatic rings. The van der Waals surface area contributed by atoms with Gasteiger partial charge in [0, 0.05) is 5.57 Å². The van der Waals surface area contributed by atoms with Gasteiger partial charge in [-0.3, -0.25) is 4.79 Å². The van der Waals surface area contributed by atoms with Crippen molar-refractivity contribution in [1.82, 2.24) is 0 Å². The number of allylic oxidation sites excluding steroid dienone is 1. The van der Waals surface area contributed by atoms with E-state index < -0.39 is 0 Å². The number of aldehydes is 1. The molecule has 0 spiro atoms. The first-order valence-corrected chi connectivity index (χ1v) is 3.49. The van der Waals surface area contributed by atoms with Gasteiger partial charge in [0.25, 0.3) is 0 Å². The average Bonchev–Trinajstić information content (AvgIpc) is 1.89. The zero-order chi connectivity index (χ0) is 7.98. The van der Waals surface area contributed by atoms with E-state index in [0.717, 1.165) is 6.29 Å². The van der Waals surface area contributed by atoms with E-state index in [-0.39, 0.29) is 5.92 Å². The van der Waals surface area contributed by atoms with E-state index in [0.29, 0.717) is 12.2 Å². The Kier molecular flexibility index (Phi) is 4.63. The zero-order valence-corrected chi connectivity index (χ0v) is 6.76. The zero-order valence-electron chi connectivity index (χ0n) is 6.76. The Morgan fingerprint density at radius 1 is 1.60 bits per heavy atom. The van der Waals surface area contributed by atoms with E-state index in [2.05, 4.69) is 0 Å². The molecule has 0 rings (SSSR count). The molecule has 0 aliphatic carbocycles. The maximum Gasteiger partial charge on any atom is 0.149 e. The molecule has 2 heteroatoms. The monoisotopic (exact) mass is 142 g/mol. The van der Waals surface area contributed by atoms with Gasteiger partial charge in [-0.25, -0.2) is 0 Å². The summed E-state index contributed by atoms with van der Waals surface area (Å²) in [6, 6.07) is 0. The molecular weight excluding hydrogens is 128 g/mol. The highest BCUT2D eigenvalue weighted by Crippen LogP contribution is 2.05. The number of hydrogen-bond donors (Lipinski definition) is 0. The Morgan fingerprint density at radius 2 is 2.20 bits per heavy atom. The normalized spacial score (nSPS) is 11.8. The van der Waals surface area contributed by atoms with Crippen molar-refractivity contribution in [1.29, 1.82) is 0 Å². The third-order valence-electron chi connectivity index (χ3n) is 1.19. The molecule has 0 aromatic rings. The molecule has 0 bridgehead atoms. The molecule has 2 nitrogen and oxygen atoms in total. The molecule has 0 atom stereocenters. The van der Waals surface area contributed by atoms with Gasteiger partial charge in [0.1, 0.15) is 6.29 Å². The van der Waals surface area contributed by atoms with Crippen LogP contribution in [0.15, 0.2) is 11.8 Å². The van der Waals surface area contributed by atoms with E-state index in [4.69, 9.17) is 4.74 Å². The second-order valence-electron chi connectivity index (χ2n) is 2.35. The number of carbonyl (C=O) groups is 1. The van der Waals surface area contributed by atoms with Gasteiger partial charge in [-0.05, 0) is 12.8 Å². The van der Waals surface area contributed by atoms with Crippen LogP contribution in [-0.2, 0) is 9.53 Å². The van der Waals surface area contributed by atoms with Crippen LogP contribution in [0.3, 0.4) is 0 Å². The van der Waals surface area contributed by atoms with Crippen molar-refractivity contribution in [2.75, 3.05) is 6.61 Å². The quantitative estimate of drug-likeness (QED) is 0.339. The van der Waals surface area contributed by atoms with Gasteiger partial charge in [-0.15, -0.1) is 0 Å². The van der Waals surface area contributed by atoms with Crippen molar-refractivity contribution < 1.29 is 9.53 Å². The van der Waals surface area contributed by atoms with Crippen molar-refractivity contribution in [3.8, 4) is 0 Å². The fourth-order valence-electron chi connectivity index (χ4n) is 0.480. The van der Waals surface area contributed by atoms with E-state index in [9.17, 15) is 4.79 Å². The maximum absolute atomic E-state index is 10.3. The van der Waals surface area contributed by atoms with Crippen LogP contribution < -0.4 is 0 Å². The molecule has 0 aromatic heterocycles. The lowest BCUT2D eigenvalue weighted by atomic mass is 10.1. The van der Waals surface area contributed by atoms with Crippen LogP contribution >= 0.6 is 0 Å². The SMILES string of the molecule is CCO/C=C(\C=O)C(C)C. The minimum Gasteiger partial charge on any atom is -0.501 e. The smallest absolute Gasteiger partial charge is 0.149 e. The van der Waals surface area contributed by atoms with Crippen LogP contribution in [0.1, 0.15) is 20.8 Å². The molecule has 0 saturated carbocycles. The first-order valence-electron chi connectivity index (χ1n) is 3.49. The number of ether oxygens (including phenoxy) is 1. The lowest BCUT2D eigenvalue weighted by Crippen LogP contribution is -1.96. The predicted octanol–water partition coefficient (Wildman–Crippen LogP) is 1.76. The number of rotatable bonds is 4. The second-order valence-corrected chi connectivity index (χ2v) is 2.35. The molecule has 0 unspecified atom stereocenters. The summed E-state index contributed by atoms with van der Waals surface area (Å²) in [5.41, 5.74) is 0.710. The molecule has 0 radical (unpaired) electrons. The summed E-state index contributed by atoms with van der Waals surface area (Å²) >= 11 is 0. The lowest BCUT2D eigenvalue weighted by Gasteiger charge is -2.02. The topological polar surface area (TPSA) is 26.3 Å². The van der Waals surface area contributed by atoms with Crippen molar-refractivity contribution >= 4 is 6.29 Å². The average molecular weight is 142 g/mol. The van der Waals surface area contributed by atoms with Gasteiger partial charge in [0.2, 0.25) is 0 Å². The fourth-order valence-corrected chi connectivity index (χ4v) is 0.480. The van der Waals surface area contributed by atoms with Crippen molar-refractivity contribution in [3.05, 3.63) is 11.8 Å². The van der Waals surface area contributed by atoms with Crippen LogP contribution in [0.5, 0.6) is 0 Å². The van der Waals surface area contributed by atoms with E-state index in [1.165, 1.54) is 6.26 Å². The molecule has 0 N–H and O–H groups in total. The summed E-state index contributed by atoms with van der Waals surface area (Å²) < 4.78 is 4.95. The number of carbonyl (C=O) groups excluding carboxylic acids is 1. The van der Waals surface area contributed by atoms with Crippen molar-refractivity contribution in [3.63, 3.8) is 0 Å². The molecule has 0 heterocycles. The fraction of sp³-hybridized carbons (Fsp3) is 0.625. The highest BCUT2D eigenvalue weighted by molar-refractivity contribution is 5.73. The van der Waals surface area contributed by atoms with Crippen LogP contribution in [0.4, 0.5) is 0 Å². The van der Waals surface area contributed by atoms with Gasteiger partial charge in [-0.2, -0.15) is 0 Å². The van der Waals surface area contributed by atoms with Gasteiger partial charge >= 0.3 is 0 Å². The number of hydrogen-bond acceptors (Lipinski definition) is 2. The maximum atomic E-state index is 10.3. The predicted molar refractivity (Wildman–Crippen MR) is 40.6 cm³/mol. The highest BCUT2D eigenvalue weighted by Gasteiger charge is 1.99. The van der Waals surface area contributed by atoms with Crippen LogP contribution in [0.25, 0.3) is 0 Å². The molecule has 0 aromatic carbocycles. The van der Waals surface area contributed by atoms with Crippen LogP contribution in [0.2, 0.25) is 0 Å². The molecule has 10 heavy (non-hydrogen) atoms. The lowest BCUT2D eigenvalue weighted by molar-refractivity contribution is -0.105. The second kappa shape index (κ2) is 5.03. The van der Waals surface area contributed by atoms with Crippen LogP contribution in [-0.4, -0.2) is 12.9 Å². The largest absolute Gasteiger partial charge is 0.501 e. The molecule has 0 amide bonds.